The molecule has 4 aromatic rings. The van der Waals surface area contributed by atoms with Gasteiger partial charge in [0.05, 0.1) is 32.5 Å². The fraction of sp³-hybridized carbons (Fsp3) is 0.324. The summed E-state index contributed by atoms with van der Waals surface area (Å²) in [6.45, 7) is 3.69. The average molecular weight is 540 g/mol. The smallest absolute Gasteiger partial charge is 0.415 e. The highest BCUT2D eigenvalue weighted by Gasteiger charge is 2.25. The molecule has 1 fully saturated rings. The quantitative estimate of drug-likeness (QED) is 0.176. The van der Waals surface area contributed by atoms with E-state index in [1.165, 1.54) is 16.3 Å². The monoisotopic (exact) mass is 539 g/mol. The van der Waals surface area contributed by atoms with Gasteiger partial charge in [-0.3, -0.25) is 0 Å². The Morgan fingerprint density at radius 1 is 0.750 bits per heavy atom. The fourth-order valence-electron chi connectivity index (χ4n) is 4.81. The summed E-state index contributed by atoms with van der Waals surface area (Å²) in [6, 6.07) is 32.1. The number of hydrogen-bond acceptors (Lipinski definition) is 5. The van der Waals surface area contributed by atoms with Crippen LogP contribution in [-0.4, -0.2) is 43.4 Å². The summed E-state index contributed by atoms with van der Waals surface area (Å²) in [5.41, 5.74) is 2.32. The van der Waals surface area contributed by atoms with Gasteiger partial charge >= 0.3 is 6.09 Å². The topological polar surface area (TPSA) is 57.2 Å². The number of nitrogens with zero attached hydrogens (tertiary/aromatic N) is 1. The summed E-state index contributed by atoms with van der Waals surface area (Å²) >= 11 is 0. The maximum absolute atomic E-state index is 12.8. The van der Waals surface area contributed by atoms with E-state index in [0.29, 0.717) is 45.3 Å². The van der Waals surface area contributed by atoms with Crippen molar-refractivity contribution in [3.8, 4) is 11.5 Å². The van der Waals surface area contributed by atoms with Crippen LogP contribution in [0.4, 0.5) is 4.79 Å². The first-order valence-corrected chi connectivity index (χ1v) is 14.1. The van der Waals surface area contributed by atoms with Crippen molar-refractivity contribution in [2.45, 2.75) is 45.0 Å². The lowest BCUT2D eigenvalue weighted by atomic mass is 10.1. The Labute approximate surface area is 236 Å². The largest absolute Gasteiger partial charge is 0.494 e. The Balaban J connectivity index is 0.988. The number of fused-ring (bicyclic) bond motifs is 1. The maximum Gasteiger partial charge on any atom is 0.415 e. The van der Waals surface area contributed by atoms with Crippen LogP contribution in [0.2, 0.25) is 0 Å². The van der Waals surface area contributed by atoms with E-state index in [0.717, 1.165) is 37.0 Å². The average Bonchev–Trinajstić information content (AvgIpc) is 3.01. The first kappa shape index (κ1) is 27.7. The highest BCUT2D eigenvalue weighted by atomic mass is 16.6. The maximum atomic E-state index is 12.8. The molecule has 6 nitrogen and oxygen atoms in total. The van der Waals surface area contributed by atoms with Gasteiger partial charge in [-0.1, -0.05) is 66.7 Å². The van der Waals surface area contributed by atoms with Crippen molar-refractivity contribution >= 4 is 16.9 Å². The van der Waals surface area contributed by atoms with E-state index in [-0.39, 0.29) is 12.2 Å². The predicted molar refractivity (Wildman–Crippen MR) is 157 cm³/mol. The van der Waals surface area contributed by atoms with Gasteiger partial charge in [-0.25, -0.2) is 4.79 Å². The summed E-state index contributed by atoms with van der Waals surface area (Å²) in [7, 11) is 0. The van der Waals surface area contributed by atoms with Crippen molar-refractivity contribution in [2.75, 3.05) is 26.3 Å². The number of piperidine rings is 1. The molecule has 1 saturated heterocycles. The molecule has 40 heavy (non-hydrogen) atoms. The third-order valence-electron chi connectivity index (χ3n) is 7.03. The van der Waals surface area contributed by atoms with E-state index in [4.69, 9.17) is 18.9 Å². The Kier molecular flexibility index (Phi) is 10.0. The van der Waals surface area contributed by atoms with E-state index in [1.807, 2.05) is 42.5 Å². The van der Waals surface area contributed by atoms with Gasteiger partial charge in [0.15, 0.2) is 0 Å². The normalized spacial score (nSPS) is 15.2. The zero-order chi connectivity index (χ0) is 27.4. The third-order valence-corrected chi connectivity index (χ3v) is 7.03. The van der Waals surface area contributed by atoms with Crippen molar-refractivity contribution in [3.05, 3.63) is 108 Å². The van der Waals surface area contributed by atoms with Crippen LogP contribution in [0.3, 0.4) is 0 Å². The standard InChI is InChI=1S/C34H37NO5/c36-34(35-20-8-13-33(24-35)39-26-28-14-15-29-11-4-5-12-30(29)23-28)40-32-18-16-31(17-19-32)38-22-7-6-21-37-25-27-9-2-1-3-10-27/h1-5,9-12,14-19,23,33H,6-8,13,20-22,24-26H2. The second-order valence-electron chi connectivity index (χ2n) is 10.1. The highest BCUT2D eigenvalue weighted by Crippen LogP contribution is 2.22. The van der Waals surface area contributed by atoms with Crippen LogP contribution in [0.25, 0.3) is 10.8 Å². The molecule has 1 unspecified atom stereocenters. The van der Waals surface area contributed by atoms with Gasteiger partial charge < -0.3 is 23.8 Å². The number of likely N-dealkylation sites (tertiary alicyclic amines) is 1. The Morgan fingerprint density at radius 3 is 2.35 bits per heavy atom. The second-order valence-corrected chi connectivity index (χ2v) is 10.1. The Hall–Kier alpha value is -3.87. The van der Waals surface area contributed by atoms with Crippen LogP contribution in [-0.2, 0) is 22.7 Å². The summed E-state index contributed by atoms with van der Waals surface area (Å²) < 4.78 is 23.4. The van der Waals surface area contributed by atoms with Gasteiger partial charge in [0.25, 0.3) is 0 Å². The van der Waals surface area contributed by atoms with Crippen LogP contribution in [0.15, 0.2) is 97.1 Å². The van der Waals surface area contributed by atoms with Crippen molar-refractivity contribution in [1.82, 2.24) is 4.90 Å². The molecule has 208 valence electrons. The van der Waals surface area contributed by atoms with E-state index in [1.54, 1.807) is 17.0 Å². The highest BCUT2D eigenvalue weighted by molar-refractivity contribution is 5.82. The van der Waals surface area contributed by atoms with Gasteiger partial charge in [-0.15, -0.1) is 0 Å². The van der Waals surface area contributed by atoms with Crippen molar-refractivity contribution in [2.24, 2.45) is 0 Å². The Bertz CT molecular complexity index is 1340. The van der Waals surface area contributed by atoms with Gasteiger partial charge in [0.1, 0.15) is 11.5 Å². The SMILES string of the molecule is O=C(Oc1ccc(OCCCCOCc2ccccc2)cc1)N1CCCC(OCc2ccc3ccccc3c2)C1. The molecular weight excluding hydrogens is 502 g/mol. The van der Waals surface area contributed by atoms with E-state index >= 15 is 0 Å². The Morgan fingerprint density at radius 2 is 1.50 bits per heavy atom. The molecule has 0 spiro atoms. The molecule has 1 amide bonds. The molecule has 0 aliphatic carbocycles. The van der Waals surface area contributed by atoms with Gasteiger partial charge in [0, 0.05) is 13.2 Å². The molecule has 1 atom stereocenters. The lowest BCUT2D eigenvalue weighted by Gasteiger charge is -2.32. The van der Waals surface area contributed by atoms with E-state index in [9.17, 15) is 4.79 Å². The minimum atomic E-state index is -0.344. The van der Waals surface area contributed by atoms with Crippen LogP contribution >= 0.6 is 0 Å². The van der Waals surface area contributed by atoms with Gasteiger partial charge in [-0.2, -0.15) is 0 Å². The molecule has 5 rings (SSSR count). The lowest BCUT2D eigenvalue weighted by Crippen LogP contribution is -2.44. The van der Waals surface area contributed by atoms with Crippen LogP contribution in [0.5, 0.6) is 11.5 Å². The van der Waals surface area contributed by atoms with Gasteiger partial charge in [0.2, 0.25) is 0 Å². The predicted octanol–water partition coefficient (Wildman–Crippen LogP) is 7.40. The van der Waals surface area contributed by atoms with Crippen LogP contribution in [0.1, 0.15) is 36.8 Å². The molecule has 0 aromatic heterocycles. The molecule has 0 N–H and O–H groups in total. The first-order valence-electron chi connectivity index (χ1n) is 14.1. The van der Waals surface area contributed by atoms with Crippen molar-refractivity contribution < 1.29 is 23.7 Å². The number of hydrogen-bond donors (Lipinski definition) is 0. The fourth-order valence-corrected chi connectivity index (χ4v) is 4.81. The molecule has 1 heterocycles. The number of benzene rings is 4. The molecule has 4 aromatic carbocycles. The number of rotatable bonds is 12. The number of unbranched alkanes of at least 4 members (excludes halogenated alkanes) is 1. The molecule has 0 radical (unpaired) electrons. The number of carbonyl (C=O) groups excluding carboxylic acids is 1. The van der Waals surface area contributed by atoms with Crippen LogP contribution in [0, 0.1) is 0 Å². The molecule has 1 aliphatic heterocycles. The molecular formula is C34H37NO5. The zero-order valence-corrected chi connectivity index (χ0v) is 22.9. The third kappa shape index (κ3) is 8.31. The van der Waals surface area contributed by atoms with Gasteiger partial charge in [-0.05, 0) is 77.9 Å². The summed E-state index contributed by atoms with van der Waals surface area (Å²) in [6.07, 6.45) is 3.32. The van der Waals surface area contributed by atoms with Crippen LogP contribution < -0.4 is 9.47 Å². The molecule has 0 saturated carbocycles. The molecule has 1 aliphatic rings. The summed E-state index contributed by atoms with van der Waals surface area (Å²) in [5, 5.41) is 2.43. The molecule has 0 bridgehead atoms. The zero-order valence-electron chi connectivity index (χ0n) is 22.9. The minimum absolute atomic E-state index is 0.00714. The van der Waals surface area contributed by atoms with E-state index in [2.05, 4.69) is 42.5 Å². The number of ether oxygens (including phenoxy) is 4. The second kappa shape index (κ2) is 14.5. The van der Waals surface area contributed by atoms with Crippen molar-refractivity contribution in [3.63, 3.8) is 0 Å². The number of amides is 1. The minimum Gasteiger partial charge on any atom is -0.494 e. The first-order chi connectivity index (χ1) is 19.7. The number of carbonyl (C=O) groups is 1. The summed E-state index contributed by atoms with van der Waals surface area (Å²) in [4.78, 5) is 14.5. The lowest BCUT2D eigenvalue weighted by molar-refractivity contribution is -0.00501. The molecule has 6 heteroatoms. The van der Waals surface area contributed by atoms with E-state index < -0.39 is 0 Å². The summed E-state index contributed by atoms with van der Waals surface area (Å²) in [5.74, 6) is 1.26. The van der Waals surface area contributed by atoms with Crippen molar-refractivity contribution in [1.29, 1.82) is 0 Å².